The zero-order valence-electron chi connectivity index (χ0n) is 11.2. The second-order valence-electron chi connectivity index (χ2n) is 4.69. The first-order valence-electron chi connectivity index (χ1n) is 6.16. The molecule has 0 bridgehead atoms. The molecule has 1 heterocycles. The summed E-state index contributed by atoms with van der Waals surface area (Å²) in [6.45, 7) is 8.71. The molecule has 0 amide bonds. The molecule has 0 unspecified atom stereocenters. The molecule has 0 aliphatic carbocycles. The summed E-state index contributed by atoms with van der Waals surface area (Å²) in [5, 5.41) is 14.3. The van der Waals surface area contributed by atoms with Gasteiger partial charge in [-0.15, -0.1) is 33.7 Å². The Kier molecular flexibility index (Phi) is 4.51. The maximum atomic E-state index is 4.39. The van der Waals surface area contributed by atoms with E-state index in [1.54, 1.807) is 23.5 Å². The number of aromatic nitrogens is 2. The average molecular weight is 278 g/mol. The van der Waals surface area contributed by atoms with E-state index in [1.165, 1.54) is 10.8 Å². The van der Waals surface area contributed by atoms with Crippen molar-refractivity contribution in [2.75, 3.05) is 0 Å². The van der Waals surface area contributed by atoms with E-state index >= 15 is 0 Å². The highest BCUT2D eigenvalue weighted by atomic mass is 32.2. The van der Waals surface area contributed by atoms with Gasteiger partial charge in [-0.25, -0.2) is 0 Å². The third kappa shape index (κ3) is 3.18. The minimum Gasteiger partial charge on any atom is -0.142 e. The van der Waals surface area contributed by atoms with Crippen molar-refractivity contribution in [2.45, 2.75) is 48.2 Å². The van der Waals surface area contributed by atoms with E-state index in [0.717, 1.165) is 10.1 Å². The average Bonchev–Trinajstić information content (AvgIpc) is 2.31. The van der Waals surface area contributed by atoms with Crippen molar-refractivity contribution in [1.29, 1.82) is 0 Å². The first-order chi connectivity index (χ1) is 8.58. The molecule has 2 nitrogen and oxygen atoms in total. The van der Waals surface area contributed by atoms with Gasteiger partial charge in [0.1, 0.15) is 10.1 Å². The topological polar surface area (TPSA) is 25.8 Å². The van der Waals surface area contributed by atoms with Crippen molar-refractivity contribution in [1.82, 2.24) is 10.2 Å². The van der Waals surface area contributed by atoms with Crippen LogP contribution in [0, 0.1) is 0 Å². The minimum absolute atomic E-state index is 0.520. The van der Waals surface area contributed by atoms with Crippen molar-refractivity contribution >= 4 is 34.3 Å². The molecule has 4 heteroatoms. The quantitative estimate of drug-likeness (QED) is 0.761. The number of fused-ring (bicyclic) bond motifs is 1. The summed E-state index contributed by atoms with van der Waals surface area (Å²) in [6, 6.07) is 8.41. The first kappa shape index (κ1) is 13.7. The molecule has 0 atom stereocenters. The largest absolute Gasteiger partial charge is 0.142 e. The first-order valence-corrected chi connectivity index (χ1v) is 7.92. The van der Waals surface area contributed by atoms with Gasteiger partial charge in [-0.2, -0.15) is 0 Å². The third-order valence-electron chi connectivity index (χ3n) is 2.31. The van der Waals surface area contributed by atoms with Crippen LogP contribution in [0.25, 0.3) is 10.8 Å². The third-order valence-corrected chi connectivity index (χ3v) is 4.31. The molecule has 18 heavy (non-hydrogen) atoms. The molecule has 0 aliphatic heterocycles. The van der Waals surface area contributed by atoms with Gasteiger partial charge in [-0.05, 0) is 0 Å². The fraction of sp³-hybridized carbons (Fsp3) is 0.429. The smallest absolute Gasteiger partial charge is 0.127 e. The highest BCUT2D eigenvalue weighted by Gasteiger charge is 2.11. The van der Waals surface area contributed by atoms with Crippen molar-refractivity contribution in [2.24, 2.45) is 0 Å². The van der Waals surface area contributed by atoms with Crippen molar-refractivity contribution in [3.63, 3.8) is 0 Å². The molecule has 0 saturated heterocycles. The molecule has 0 aliphatic rings. The van der Waals surface area contributed by atoms with Crippen LogP contribution in [0.2, 0.25) is 0 Å². The number of thioether (sulfide) groups is 2. The number of hydrogen-bond acceptors (Lipinski definition) is 4. The van der Waals surface area contributed by atoms with Gasteiger partial charge in [0, 0.05) is 21.3 Å². The monoisotopic (exact) mass is 278 g/mol. The molecule has 0 N–H and O–H groups in total. The summed E-state index contributed by atoms with van der Waals surface area (Å²) in [4.78, 5) is 0. The normalized spacial score (nSPS) is 11.7. The summed E-state index contributed by atoms with van der Waals surface area (Å²) in [5.41, 5.74) is 0. The van der Waals surface area contributed by atoms with Gasteiger partial charge in [0.15, 0.2) is 0 Å². The van der Waals surface area contributed by atoms with Crippen LogP contribution in [0.1, 0.15) is 27.7 Å². The van der Waals surface area contributed by atoms with E-state index < -0.39 is 0 Å². The number of rotatable bonds is 4. The molecule has 0 radical (unpaired) electrons. The second-order valence-corrected chi connectivity index (χ2v) is 7.82. The lowest BCUT2D eigenvalue weighted by molar-refractivity contribution is 0.879. The van der Waals surface area contributed by atoms with Crippen LogP contribution in [-0.2, 0) is 0 Å². The second kappa shape index (κ2) is 5.93. The summed E-state index contributed by atoms with van der Waals surface area (Å²) < 4.78 is 0. The highest BCUT2D eigenvalue weighted by Crippen LogP contribution is 2.33. The number of nitrogens with zero attached hydrogens (tertiary/aromatic N) is 2. The summed E-state index contributed by atoms with van der Waals surface area (Å²) in [5.74, 6) is 0. The van der Waals surface area contributed by atoms with Gasteiger partial charge in [-0.1, -0.05) is 52.0 Å². The van der Waals surface area contributed by atoms with E-state index in [4.69, 9.17) is 0 Å². The van der Waals surface area contributed by atoms with Gasteiger partial charge in [0.05, 0.1) is 0 Å². The Balaban J connectivity index is 2.51. The van der Waals surface area contributed by atoms with Crippen LogP contribution in [0.15, 0.2) is 34.3 Å². The van der Waals surface area contributed by atoms with Crippen LogP contribution in [0.4, 0.5) is 0 Å². The highest BCUT2D eigenvalue weighted by molar-refractivity contribution is 8.00. The van der Waals surface area contributed by atoms with Crippen LogP contribution in [0.3, 0.4) is 0 Å². The molecular formula is C14H18N2S2. The van der Waals surface area contributed by atoms with E-state index in [0.29, 0.717) is 10.5 Å². The summed E-state index contributed by atoms with van der Waals surface area (Å²) >= 11 is 3.55. The Morgan fingerprint density at radius 1 is 0.778 bits per heavy atom. The SMILES string of the molecule is CC(C)Sc1nnc(SC(C)C)c2ccccc12. The molecule has 0 spiro atoms. The molecule has 1 aromatic heterocycles. The van der Waals surface area contributed by atoms with Crippen LogP contribution in [0.5, 0.6) is 0 Å². The molecule has 2 rings (SSSR count). The lowest BCUT2D eigenvalue weighted by atomic mass is 10.2. The van der Waals surface area contributed by atoms with Gasteiger partial charge in [0.2, 0.25) is 0 Å². The Morgan fingerprint density at radius 3 is 1.50 bits per heavy atom. The lowest BCUT2D eigenvalue weighted by Crippen LogP contribution is -1.97. The Labute approximate surface area is 117 Å². The maximum Gasteiger partial charge on any atom is 0.127 e. The molecule has 0 saturated carbocycles. The van der Waals surface area contributed by atoms with E-state index in [9.17, 15) is 0 Å². The summed E-state index contributed by atoms with van der Waals surface area (Å²) in [7, 11) is 0. The minimum atomic E-state index is 0.520. The molecular weight excluding hydrogens is 260 g/mol. The fourth-order valence-electron chi connectivity index (χ4n) is 1.68. The van der Waals surface area contributed by atoms with Gasteiger partial charge in [0.25, 0.3) is 0 Å². The Bertz CT molecular complexity index is 490. The molecule has 2 aromatic rings. The molecule has 0 fully saturated rings. The van der Waals surface area contributed by atoms with Crippen LogP contribution < -0.4 is 0 Å². The molecule has 96 valence electrons. The zero-order valence-corrected chi connectivity index (χ0v) is 12.8. The summed E-state index contributed by atoms with van der Waals surface area (Å²) in [6.07, 6.45) is 0. The fourth-order valence-corrected chi connectivity index (χ4v) is 3.35. The van der Waals surface area contributed by atoms with Crippen molar-refractivity contribution < 1.29 is 0 Å². The molecule has 1 aromatic carbocycles. The standard InChI is InChI=1S/C14H18N2S2/c1-9(2)17-13-11-7-5-6-8-12(11)14(16-15-13)18-10(3)4/h5-10H,1-4H3. The van der Waals surface area contributed by atoms with Crippen LogP contribution in [-0.4, -0.2) is 20.7 Å². The van der Waals surface area contributed by atoms with Crippen molar-refractivity contribution in [3.05, 3.63) is 24.3 Å². The Hall–Kier alpha value is -0.740. The van der Waals surface area contributed by atoms with E-state index in [2.05, 4.69) is 62.2 Å². The van der Waals surface area contributed by atoms with Gasteiger partial charge >= 0.3 is 0 Å². The van der Waals surface area contributed by atoms with E-state index in [-0.39, 0.29) is 0 Å². The lowest BCUT2D eigenvalue weighted by Gasteiger charge is -2.11. The Morgan fingerprint density at radius 2 is 1.17 bits per heavy atom. The van der Waals surface area contributed by atoms with Crippen molar-refractivity contribution in [3.8, 4) is 0 Å². The van der Waals surface area contributed by atoms with Gasteiger partial charge < -0.3 is 0 Å². The zero-order chi connectivity index (χ0) is 13.1. The predicted octanol–water partition coefficient (Wildman–Crippen LogP) is 4.63. The number of benzene rings is 1. The maximum absolute atomic E-state index is 4.39. The van der Waals surface area contributed by atoms with E-state index in [1.807, 2.05) is 0 Å². The predicted molar refractivity (Wildman–Crippen MR) is 81.5 cm³/mol. The van der Waals surface area contributed by atoms with Crippen LogP contribution >= 0.6 is 23.5 Å². The number of hydrogen-bond donors (Lipinski definition) is 0. The van der Waals surface area contributed by atoms with Gasteiger partial charge in [-0.3, -0.25) is 0 Å².